The van der Waals surface area contributed by atoms with Crippen molar-refractivity contribution in [2.45, 2.75) is 6.54 Å². The van der Waals surface area contributed by atoms with Crippen molar-refractivity contribution in [2.24, 2.45) is 7.05 Å². The van der Waals surface area contributed by atoms with Crippen LogP contribution in [-0.2, 0) is 13.6 Å². The summed E-state index contributed by atoms with van der Waals surface area (Å²) in [4.78, 5) is 24.1. The SMILES string of the molecule is Cn1ncc2c(=O)[nH]c(N3CCN(Cc4ccc(C#N)cc4)CC3)nc21. The van der Waals surface area contributed by atoms with Crippen LogP contribution in [0, 0.1) is 11.3 Å². The monoisotopic (exact) mass is 349 g/mol. The Morgan fingerprint density at radius 3 is 2.62 bits per heavy atom. The second kappa shape index (κ2) is 6.61. The minimum absolute atomic E-state index is 0.155. The Balaban J connectivity index is 1.44. The number of hydrogen-bond acceptors (Lipinski definition) is 6. The number of piperazine rings is 1. The van der Waals surface area contributed by atoms with Crippen LogP contribution in [0.25, 0.3) is 11.0 Å². The number of hydrogen-bond donors (Lipinski definition) is 1. The number of anilines is 1. The van der Waals surface area contributed by atoms with Crippen molar-refractivity contribution in [3.05, 3.63) is 51.9 Å². The third kappa shape index (κ3) is 3.05. The van der Waals surface area contributed by atoms with Gasteiger partial charge in [0.2, 0.25) is 5.95 Å². The second-order valence-electron chi connectivity index (χ2n) is 6.47. The molecular formula is C18H19N7O. The summed E-state index contributed by atoms with van der Waals surface area (Å²) in [6.07, 6.45) is 1.54. The van der Waals surface area contributed by atoms with Crippen molar-refractivity contribution in [3.63, 3.8) is 0 Å². The van der Waals surface area contributed by atoms with Gasteiger partial charge in [-0.05, 0) is 17.7 Å². The summed E-state index contributed by atoms with van der Waals surface area (Å²) in [5.41, 5.74) is 2.32. The number of aromatic nitrogens is 4. The molecule has 1 N–H and O–H groups in total. The van der Waals surface area contributed by atoms with Crippen LogP contribution < -0.4 is 10.5 Å². The molecule has 0 bridgehead atoms. The summed E-state index contributed by atoms with van der Waals surface area (Å²) < 4.78 is 1.62. The maximum Gasteiger partial charge on any atom is 0.263 e. The first-order valence-corrected chi connectivity index (χ1v) is 8.52. The zero-order chi connectivity index (χ0) is 18.1. The largest absolute Gasteiger partial charge is 0.340 e. The molecular weight excluding hydrogens is 330 g/mol. The maximum absolute atomic E-state index is 12.2. The molecule has 3 aromatic rings. The highest BCUT2D eigenvalue weighted by Crippen LogP contribution is 2.15. The van der Waals surface area contributed by atoms with E-state index in [9.17, 15) is 4.79 Å². The van der Waals surface area contributed by atoms with Crippen LogP contribution in [0.2, 0.25) is 0 Å². The van der Waals surface area contributed by atoms with Gasteiger partial charge >= 0.3 is 0 Å². The maximum atomic E-state index is 12.2. The molecule has 4 rings (SSSR count). The highest BCUT2D eigenvalue weighted by Gasteiger charge is 2.20. The van der Waals surface area contributed by atoms with Gasteiger partial charge in [-0.15, -0.1) is 0 Å². The van der Waals surface area contributed by atoms with E-state index >= 15 is 0 Å². The summed E-state index contributed by atoms with van der Waals surface area (Å²) in [7, 11) is 1.79. The van der Waals surface area contributed by atoms with Gasteiger partial charge in [-0.3, -0.25) is 19.4 Å². The molecule has 1 fully saturated rings. The van der Waals surface area contributed by atoms with E-state index in [4.69, 9.17) is 5.26 Å². The molecule has 8 nitrogen and oxygen atoms in total. The summed E-state index contributed by atoms with van der Waals surface area (Å²) in [6.45, 7) is 4.20. The quantitative estimate of drug-likeness (QED) is 0.753. The van der Waals surface area contributed by atoms with Crippen LogP contribution in [0.5, 0.6) is 0 Å². The van der Waals surface area contributed by atoms with E-state index in [0.717, 1.165) is 32.7 Å². The zero-order valence-electron chi connectivity index (χ0n) is 14.5. The lowest BCUT2D eigenvalue weighted by Gasteiger charge is -2.35. The van der Waals surface area contributed by atoms with Crippen molar-refractivity contribution < 1.29 is 0 Å². The van der Waals surface area contributed by atoms with Crippen LogP contribution in [0.4, 0.5) is 5.95 Å². The predicted molar refractivity (Wildman–Crippen MR) is 97.8 cm³/mol. The van der Waals surface area contributed by atoms with Crippen LogP contribution >= 0.6 is 0 Å². The van der Waals surface area contributed by atoms with Crippen LogP contribution in [0.15, 0.2) is 35.3 Å². The van der Waals surface area contributed by atoms with Gasteiger partial charge in [0.15, 0.2) is 5.65 Å². The van der Waals surface area contributed by atoms with E-state index in [1.807, 2.05) is 24.3 Å². The number of nitrogens with zero attached hydrogens (tertiary/aromatic N) is 6. The summed E-state index contributed by atoms with van der Waals surface area (Å²) >= 11 is 0. The molecule has 0 unspecified atom stereocenters. The van der Waals surface area contributed by atoms with Crippen molar-refractivity contribution in [3.8, 4) is 6.07 Å². The van der Waals surface area contributed by atoms with E-state index in [1.165, 1.54) is 5.56 Å². The highest BCUT2D eigenvalue weighted by atomic mass is 16.1. The lowest BCUT2D eigenvalue weighted by atomic mass is 10.1. The fourth-order valence-electron chi connectivity index (χ4n) is 3.23. The van der Waals surface area contributed by atoms with E-state index < -0.39 is 0 Å². The minimum Gasteiger partial charge on any atom is -0.340 e. The van der Waals surface area contributed by atoms with Crippen LogP contribution in [0.1, 0.15) is 11.1 Å². The number of aromatic amines is 1. The van der Waals surface area contributed by atoms with E-state index in [1.54, 1.807) is 17.9 Å². The first-order valence-electron chi connectivity index (χ1n) is 8.52. The number of H-pyrrole nitrogens is 1. The molecule has 3 heterocycles. The summed E-state index contributed by atoms with van der Waals surface area (Å²) in [6, 6.07) is 9.84. The normalized spacial score (nSPS) is 15.3. The Bertz CT molecular complexity index is 1020. The first-order chi connectivity index (χ1) is 12.6. The van der Waals surface area contributed by atoms with E-state index in [-0.39, 0.29) is 5.56 Å². The molecule has 1 saturated heterocycles. The number of benzene rings is 1. The fraction of sp³-hybridized carbons (Fsp3) is 0.333. The van der Waals surface area contributed by atoms with Gasteiger partial charge in [-0.1, -0.05) is 12.1 Å². The van der Waals surface area contributed by atoms with Crippen molar-refractivity contribution in [1.82, 2.24) is 24.6 Å². The number of rotatable bonds is 3. The standard InChI is InChI=1S/C18H19N7O/c1-23-16-15(11-20-23)17(26)22-18(21-16)25-8-6-24(7-9-25)12-14-4-2-13(10-19)3-5-14/h2-5,11H,6-9,12H2,1H3,(H,21,22,26). The highest BCUT2D eigenvalue weighted by molar-refractivity contribution is 5.74. The van der Waals surface area contributed by atoms with Gasteiger partial charge in [-0.25, -0.2) is 0 Å². The number of fused-ring (bicyclic) bond motifs is 1. The smallest absolute Gasteiger partial charge is 0.263 e. The van der Waals surface area contributed by atoms with Gasteiger partial charge in [0.25, 0.3) is 5.56 Å². The van der Waals surface area contributed by atoms with Crippen molar-refractivity contribution >= 4 is 17.0 Å². The topological polar surface area (TPSA) is 93.8 Å². The third-order valence-electron chi connectivity index (χ3n) is 4.75. The minimum atomic E-state index is -0.155. The Hall–Kier alpha value is -3.18. The van der Waals surface area contributed by atoms with Gasteiger partial charge < -0.3 is 4.90 Å². The van der Waals surface area contributed by atoms with Crippen molar-refractivity contribution in [2.75, 3.05) is 31.1 Å². The number of aryl methyl sites for hydroxylation is 1. The Morgan fingerprint density at radius 2 is 1.92 bits per heavy atom. The molecule has 0 atom stereocenters. The molecule has 0 radical (unpaired) electrons. The Kier molecular flexibility index (Phi) is 4.14. The fourth-order valence-corrected chi connectivity index (χ4v) is 3.23. The molecule has 1 aliphatic rings. The first kappa shape index (κ1) is 16.3. The van der Waals surface area contributed by atoms with Gasteiger partial charge in [0.05, 0.1) is 17.8 Å². The molecule has 1 aromatic carbocycles. The second-order valence-corrected chi connectivity index (χ2v) is 6.47. The molecule has 0 amide bonds. The summed E-state index contributed by atoms with van der Waals surface area (Å²) in [5, 5.41) is 13.5. The third-order valence-corrected chi connectivity index (χ3v) is 4.75. The van der Waals surface area contributed by atoms with Crippen molar-refractivity contribution in [1.29, 1.82) is 5.26 Å². The zero-order valence-corrected chi connectivity index (χ0v) is 14.5. The average Bonchev–Trinajstić information content (AvgIpc) is 3.05. The lowest BCUT2D eigenvalue weighted by Crippen LogP contribution is -2.47. The number of nitrogens with one attached hydrogen (secondary N) is 1. The number of nitriles is 1. The molecule has 2 aromatic heterocycles. The van der Waals surface area contributed by atoms with E-state index in [0.29, 0.717) is 22.5 Å². The van der Waals surface area contributed by atoms with E-state index in [2.05, 4.69) is 30.9 Å². The molecule has 1 aliphatic heterocycles. The predicted octanol–water partition coefficient (Wildman–Crippen LogP) is 0.850. The lowest BCUT2D eigenvalue weighted by molar-refractivity contribution is 0.248. The molecule has 0 spiro atoms. The molecule has 8 heteroatoms. The molecule has 0 aliphatic carbocycles. The Labute approximate surface area is 150 Å². The van der Waals surface area contributed by atoms with Crippen LogP contribution in [0.3, 0.4) is 0 Å². The van der Waals surface area contributed by atoms with Crippen LogP contribution in [-0.4, -0.2) is 50.8 Å². The molecule has 132 valence electrons. The summed E-state index contributed by atoms with van der Waals surface area (Å²) in [5.74, 6) is 0.601. The average molecular weight is 349 g/mol. The molecule has 0 saturated carbocycles. The van der Waals surface area contributed by atoms with Gasteiger partial charge in [-0.2, -0.15) is 15.3 Å². The Morgan fingerprint density at radius 1 is 1.19 bits per heavy atom. The van der Waals surface area contributed by atoms with Gasteiger partial charge in [0, 0.05) is 39.8 Å². The molecule has 26 heavy (non-hydrogen) atoms. The van der Waals surface area contributed by atoms with Gasteiger partial charge in [0.1, 0.15) is 5.39 Å².